The first-order valence-electron chi connectivity index (χ1n) is 2.59. The van der Waals surface area contributed by atoms with Crippen LogP contribution in [0.2, 0.25) is 0 Å². The molecule has 0 radical (unpaired) electrons. The fraction of sp³-hybridized carbons (Fsp3) is 0.250. The second kappa shape index (κ2) is 2.51. The molecule has 0 aliphatic carbocycles. The maximum atomic E-state index is 3.63. The molecule has 0 saturated heterocycles. The lowest BCUT2D eigenvalue weighted by atomic mass is 9.92. The van der Waals surface area contributed by atoms with Gasteiger partial charge in [0.15, 0.2) is 0 Å². The van der Waals surface area contributed by atoms with Crippen LogP contribution in [-0.4, -0.2) is 0 Å². The molecule has 0 aliphatic heterocycles. The Morgan fingerprint density at radius 3 is 1.25 bits per heavy atom. The molecule has 0 saturated carbocycles. The van der Waals surface area contributed by atoms with E-state index in [4.69, 9.17) is 0 Å². The van der Waals surface area contributed by atoms with E-state index in [2.05, 4.69) is 19.7 Å². The average molecular weight is 108 g/mol. The molecule has 0 heteroatoms. The van der Waals surface area contributed by atoms with Crippen LogP contribution in [0.4, 0.5) is 0 Å². The summed E-state index contributed by atoms with van der Waals surface area (Å²) in [5.74, 6) is 0. The minimum absolute atomic E-state index is 0.0833. The van der Waals surface area contributed by atoms with Gasteiger partial charge in [-0.05, 0) is 6.92 Å². The van der Waals surface area contributed by atoms with Gasteiger partial charge >= 0.3 is 0 Å². The van der Waals surface area contributed by atoms with Crippen molar-refractivity contribution in [3.05, 3.63) is 38.0 Å². The summed E-state index contributed by atoms with van der Waals surface area (Å²) in [7, 11) is 0. The summed E-state index contributed by atoms with van der Waals surface area (Å²) in [6.07, 6.45) is 5.44. The summed E-state index contributed by atoms with van der Waals surface area (Å²) in [5.41, 5.74) is -0.0833. The van der Waals surface area contributed by atoms with Crippen LogP contribution in [0, 0.1) is 5.41 Å². The van der Waals surface area contributed by atoms with E-state index in [9.17, 15) is 0 Å². The van der Waals surface area contributed by atoms with E-state index in [-0.39, 0.29) is 5.41 Å². The second-order valence-electron chi connectivity index (χ2n) is 1.98. The summed E-state index contributed by atoms with van der Waals surface area (Å²) in [6.45, 7) is 12.9. The Labute approximate surface area is 51.2 Å². The van der Waals surface area contributed by atoms with E-state index in [0.717, 1.165) is 0 Å². The van der Waals surface area contributed by atoms with E-state index < -0.39 is 0 Å². The minimum atomic E-state index is -0.0833. The molecule has 0 unspecified atom stereocenters. The van der Waals surface area contributed by atoms with E-state index >= 15 is 0 Å². The standard InChI is InChI=1S/C8H12/c1-5-8(4,6-2)7-3/h5-7H,1-3H2,4H3. The van der Waals surface area contributed by atoms with Gasteiger partial charge in [0.1, 0.15) is 0 Å². The van der Waals surface area contributed by atoms with Gasteiger partial charge in [-0.3, -0.25) is 0 Å². The van der Waals surface area contributed by atoms with Crippen molar-refractivity contribution in [2.45, 2.75) is 6.92 Å². The van der Waals surface area contributed by atoms with Crippen LogP contribution >= 0.6 is 0 Å². The number of rotatable bonds is 3. The van der Waals surface area contributed by atoms with Gasteiger partial charge in [-0.15, -0.1) is 19.7 Å². The fourth-order valence-electron chi connectivity index (χ4n) is 0.250. The maximum absolute atomic E-state index is 3.63. The highest BCUT2D eigenvalue weighted by atomic mass is 14.1. The molecule has 0 N–H and O–H groups in total. The first-order chi connectivity index (χ1) is 3.68. The zero-order chi connectivity index (χ0) is 6.62. The Bertz CT molecular complexity index is 87.4. The second-order valence-corrected chi connectivity index (χ2v) is 1.98. The van der Waals surface area contributed by atoms with Crippen molar-refractivity contribution >= 4 is 0 Å². The van der Waals surface area contributed by atoms with Gasteiger partial charge in [0.2, 0.25) is 0 Å². The predicted molar refractivity (Wildman–Crippen MR) is 38.7 cm³/mol. The van der Waals surface area contributed by atoms with Crippen LogP contribution in [0.15, 0.2) is 38.0 Å². The van der Waals surface area contributed by atoms with Crippen molar-refractivity contribution in [3.8, 4) is 0 Å². The first-order valence-corrected chi connectivity index (χ1v) is 2.59. The predicted octanol–water partition coefficient (Wildman–Crippen LogP) is 2.55. The fourth-order valence-corrected chi connectivity index (χ4v) is 0.250. The Kier molecular flexibility index (Phi) is 2.26. The van der Waals surface area contributed by atoms with Crippen molar-refractivity contribution < 1.29 is 0 Å². The van der Waals surface area contributed by atoms with E-state index in [1.807, 2.05) is 25.2 Å². The molecule has 0 aromatic carbocycles. The van der Waals surface area contributed by atoms with Crippen LogP contribution in [0.5, 0.6) is 0 Å². The van der Waals surface area contributed by atoms with E-state index in [1.165, 1.54) is 0 Å². The third-order valence-corrected chi connectivity index (χ3v) is 1.32. The smallest absolute Gasteiger partial charge is 0.0205 e. The molecule has 0 fully saturated rings. The molecule has 0 heterocycles. The van der Waals surface area contributed by atoms with E-state index in [1.54, 1.807) is 0 Å². The monoisotopic (exact) mass is 108 g/mol. The average Bonchev–Trinajstić information content (AvgIpc) is 1.87. The summed E-state index contributed by atoms with van der Waals surface area (Å²) in [5, 5.41) is 0. The van der Waals surface area contributed by atoms with Crippen molar-refractivity contribution in [2.24, 2.45) is 5.41 Å². The molecule has 0 aliphatic rings. The molecular formula is C8H12. The van der Waals surface area contributed by atoms with Crippen molar-refractivity contribution in [2.75, 3.05) is 0 Å². The van der Waals surface area contributed by atoms with Gasteiger partial charge in [-0.1, -0.05) is 18.2 Å². The first kappa shape index (κ1) is 7.22. The lowest BCUT2D eigenvalue weighted by Crippen LogP contribution is -2.01. The van der Waals surface area contributed by atoms with Gasteiger partial charge in [0.05, 0.1) is 0 Å². The molecule has 0 rings (SSSR count). The quantitative estimate of drug-likeness (QED) is 0.487. The zero-order valence-corrected chi connectivity index (χ0v) is 5.35. The largest absolute Gasteiger partial charge is 0.102 e. The normalized spacial score (nSPS) is 10.1. The van der Waals surface area contributed by atoms with E-state index in [0.29, 0.717) is 0 Å². The zero-order valence-electron chi connectivity index (χ0n) is 5.35. The van der Waals surface area contributed by atoms with Crippen molar-refractivity contribution in [1.82, 2.24) is 0 Å². The molecule has 8 heavy (non-hydrogen) atoms. The molecular weight excluding hydrogens is 96.1 g/mol. The Morgan fingerprint density at radius 1 is 1.00 bits per heavy atom. The maximum Gasteiger partial charge on any atom is 0.0205 e. The highest BCUT2D eigenvalue weighted by Crippen LogP contribution is 2.18. The minimum Gasteiger partial charge on any atom is -0.102 e. The molecule has 0 amide bonds. The van der Waals surface area contributed by atoms with Gasteiger partial charge in [-0.2, -0.15) is 0 Å². The number of hydrogen-bond acceptors (Lipinski definition) is 0. The Morgan fingerprint density at radius 2 is 1.25 bits per heavy atom. The summed E-state index contributed by atoms with van der Waals surface area (Å²) < 4.78 is 0. The van der Waals surface area contributed by atoms with Gasteiger partial charge in [-0.25, -0.2) is 0 Å². The highest BCUT2D eigenvalue weighted by Gasteiger charge is 2.07. The number of hydrogen-bond donors (Lipinski definition) is 0. The molecule has 0 nitrogen and oxygen atoms in total. The molecule has 44 valence electrons. The van der Waals surface area contributed by atoms with Crippen molar-refractivity contribution in [3.63, 3.8) is 0 Å². The van der Waals surface area contributed by atoms with Crippen LogP contribution in [0.25, 0.3) is 0 Å². The Balaban J connectivity index is 4.18. The summed E-state index contributed by atoms with van der Waals surface area (Å²) in [4.78, 5) is 0. The Hall–Kier alpha value is -0.780. The SMILES string of the molecule is C=CC(C)(C=C)C=C. The van der Waals surface area contributed by atoms with Gasteiger partial charge in [0.25, 0.3) is 0 Å². The number of allylic oxidation sites excluding steroid dienone is 3. The van der Waals surface area contributed by atoms with Crippen LogP contribution < -0.4 is 0 Å². The molecule has 0 aromatic rings. The lowest BCUT2D eigenvalue weighted by molar-refractivity contribution is 0.724. The molecule has 0 bridgehead atoms. The van der Waals surface area contributed by atoms with Crippen LogP contribution in [0.3, 0.4) is 0 Å². The molecule has 0 atom stereocenters. The topological polar surface area (TPSA) is 0 Å². The van der Waals surface area contributed by atoms with Crippen LogP contribution in [0.1, 0.15) is 6.92 Å². The van der Waals surface area contributed by atoms with Crippen LogP contribution in [-0.2, 0) is 0 Å². The molecule has 0 aromatic heterocycles. The third kappa shape index (κ3) is 1.38. The van der Waals surface area contributed by atoms with Gasteiger partial charge in [0, 0.05) is 5.41 Å². The molecule has 0 spiro atoms. The van der Waals surface area contributed by atoms with Crippen molar-refractivity contribution in [1.29, 1.82) is 0 Å². The summed E-state index contributed by atoms with van der Waals surface area (Å²) in [6, 6.07) is 0. The summed E-state index contributed by atoms with van der Waals surface area (Å²) >= 11 is 0. The highest BCUT2D eigenvalue weighted by molar-refractivity contribution is 5.13. The van der Waals surface area contributed by atoms with Gasteiger partial charge < -0.3 is 0 Å². The lowest BCUT2D eigenvalue weighted by Gasteiger charge is -2.13. The third-order valence-electron chi connectivity index (χ3n) is 1.32.